The van der Waals surface area contributed by atoms with E-state index in [0.29, 0.717) is 33.7 Å². The summed E-state index contributed by atoms with van der Waals surface area (Å²) in [4.78, 5) is 23.5. The lowest BCUT2D eigenvalue weighted by molar-refractivity contribution is -0.146. The first-order chi connectivity index (χ1) is 13.9. The van der Waals surface area contributed by atoms with Crippen molar-refractivity contribution >= 4 is 46.7 Å². The van der Waals surface area contributed by atoms with Gasteiger partial charge in [0.25, 0.3) is 0 Å². The lowest BCUT2D eigenvalue weighted by Gasteiger charge is -2.09. The van der Waals surface area contributed by atoms with Gasteiger partial charge in [-0.05, 0) is 25.0 Å². The van der Waals surface area contributed by atoms with Crippen LogP contribution in [0.5, 0.6) is 0 Å². The van der Waals surface area contributed by atoms with Gasteiger partial charge in [0.1, 0.15) is 6.61 Å². The fraction of sp³-hybridized carbons (Fsp3) is 0.636. The summed E-state index contributed by atoms with van der Waals surface area (Å²) >= 11 is 17.9. The summed E-state index contributed by atoms with van der Waals surface area (Å²) in [5.41, 5.74) is 0.510. The van der Waals surface area contributed by atoms with Crippen molar-refractivity contribution in [2.24, 2.45) is 0 Å². The van der Waals surface area contributed by atoms with Gasteiger partial charge in [-0.1, -0.05) is 86.7 Å². The third-order valence-electron chi connectivity index (χ3n) is 4.51. The summed E-state index contributed by atoms with van der Waals surface area (Å²) in [6.07, 6.45) is 10.3. The summed E-state index contributed by atoms with van der Waals surface area (Å²) in [6.45, 7) is 2.63. The Bertz CT molecular complexity index is 611. The van der Waals surface area contributed by atoms with Crippen LogP contribution in [0.2, 0.25) is 15.1 Å². The van der Waals surface area contributed by atoms with Crippen LogP contribution in [0.15, 0.2) is 12.1 Å². The number of unbranched alkanes of at least 4 members (excludes halogenated alkanes) is 7. The van der Waals surface area contributed by atoms with Gasteiger partial charge in [-0.2, -0.15) is 0 Å². The van der Waals surface area contributed by atoms with Gasteiger partial charge in [0.15, 0.2) is 0 Å². The monoisotopic (exact) mass is 464 g/mol. The Labute approximate surface area is 189 Å². The fourth-order valence-corrected chi connectivity index (χ4v) is 3.73. The number of hydrogen-bond acceptors (Lipinski definition) is 4. The molecule has 0 saturated heterocycles. The Kier molecular flexibility index (Phi) is 14.2. The molecule has 0 amide bonds. The zero-order chi connectivity index (χ0) is 21.5. The van der Waals surface area contributed by atoms with Crippen molar-refractivity contribution in [3.63, 3.8) is 0 Å². The highest BCUT2D eigenvalue weighted by molar-refractivity contribution is 6.39. The molecule has 1 rings (SSSR count). The van der Waals surface area contributed by atoms with Gasteiger partial charge in [-0.15, -0.1) is 0 Å². The molecule has 4 nitrogen and oxygen atoms in total. The molecule has 1 aromatic rings. The molecule has 0 N–H and O–H groups in total. The standard InChI is InChI=1S/C22H31Cl3O4/c1-2-3-4-5-6-7-8-9-13-28-21(26)11-10-12-22(27)29-16-18-19(24)14-17(23)15-20(18)25/h14-15H,2-13,16H2,1H3. The molecular formula is C22H31Cl3O4. The normalized spacial score (nSPS) is 10.8. The quantitative estimate of drug-likeness (QED) is 0.198. The predicted molar refractivity (Wildman–Crippen MR) is 119 cm³/mol. The zero-order valence-electron chi connectivity index (χ0n) is 17.1. The second kappa shape index (κ2) is 15.8. The van der Waals surface area contributed by atoms with Crippen LogP contribution in [0, 0.1) is 0 Å². The summed E-state index contributed by atoms with van der Waals surface area (Å²) in [6, 6.07) is 3.08. The summed E-state index contributed by atoms with van der Waals surface area (Å²) in [7, 11) is 0. The Morgan fingerprint density at radius 1 is 0.759 bits per heavy atom. The van der Waals surface area contributed by atoms with E-state index >= 15 is 0 Å². The highest BCUT2D eigenvalue weighted by Gasteiger charge is 2.12. The van der Waals surface area contributed by atoms with E-state index in [-0.39, 0.29) is 25.4 Å². The van der Waals surface area contributed by atoms with Crippen LogP contribution in [-0.2, 0) is 25.7 Å². The first-order valence-corrected chi connectivity index (χ1v) is 11.5. The highest BCUT2D eigenvalue weighted by atomic mass is 35.5. The van der Waals surface area contributed by atoms with Gasteiger partial charge in [0.05, 0.1) is 16.7 Å². The predicted octanol–water partition coefficient (Wildman–Crippen LogP) is 7.54. The minimum absolute atomic E-state index is 0.0312. The third-order valence-corrected chi connectivity index (χ3v) is 5.40. The molecule has 1 aromatic carbocycles. The minimum Gasteiger partial charge on any atom is -0.466 e. The fourth-order valence-electron chi connectivity index (χ4n) is 2.81. The molecule has 29 heavy (non-hydrogen) atoms. The maximum absolute atomic E-state index is 11.8. The van der Waals surface area contributed by atoms with Crippen LogP contribution in [0.3, 0.4) is 0 Å². The van der Waals surface area contributed by atoms with Crippen molar-refractivity contribution in [3.05, 3.63) is 32.8 Å². The second-order valence-electron chi connectivity index (χ2n) is 7.06. The molecule has 0 radical (unpaired) electrons. The van der Waals surface area contributed by atoms with Crippen LogP contribution in [0.4, 0.5) is 0 Å². The number of carbonyl (C=O) groups is 2. The van der Waals surface area contributed by atoms with Crippen LogP contribution in [0.1, 0.15) is 83.1 Å². The average molecular weight is 466 g/mol. The summed E-state index contributed by atoms with van der Waals surface area (Å²) < 4.78 is 10.4. The Hall–Kier alpha value is -0.970. The topological polar surface area (TPSA) is 52.6 Å². The molecule has 0 bridgehead atoms. The number of hydrogen-bond donors (Lipinski definition) is 0. The van der Waals surface area contributed by atoms with Gasteiger partial charge < -0.3 is 9.47 Å². The molecule has 0 aromatic heterocycles. The van der Waals surface area contributed by atoms with E-state index in [4.69, 9.17) is 44.3 Å². The Balaban J connectivity index is 2.06. The summed E-state index contributed by atoms with van der Waals surface area (Å²) in [5.74, 6) is -0.688. The van der Waals surface area contributed by atoms with Gasteiger partial charge in [0.2, 0.25) is 0 Å². The molecular weight excluding hydrogens is 435 g/mol. The van der Waals surface area contributed by atoms with E-state index < -0.39 is 5.97 Å². The highest BCUT2D eigenvalue weighted by Crippen LogP contribution is 2.29. The molecule has 7 heteroatoms. The van der Waals surface area contributed by atoms with Gasteiger partial charge >= 0.3 is 11.9 Å². The van der Waals surface area contributed by atoms with Crippen molar-refractivity contribution in [1.82, 2.24) is 0 Å². The van der Waals surface area contributed by atoms with Gasteiger partial charge in [-0.3, -0.25) is 9.59 Å². The maximum Gasteiger partial charge on any atom is 0.306 e. The number of esters is 2. The molecule has 0 fully saturated rings. The molecule has 0 heterocycles. The molecule has 0 spiro atoms. The van der Waals surface area contributed by atoms with E-state index in [1.54, 1.807) is 12.1 Å². The number of halogens is 3. The smallest absolute Gasteiger partial charge is 0.306 e. The molecule has 164 valence electrons. The lowest BCUT2D eigenvalue weighted by atomic mass is 10.1. The van der Waals surface area contributed by atoms with Crippen molar-refractivity contribution < 1.29 is 19.1 Å². The first-order valence-electron chi connectivity index (χ1n) is 10.4. The average Bonchev–Trinajstić information content (AvgIpc) is 2.66. The van der Waals surface area contributed by atoms with Gasteiger partial charge in [-0.25, -0.2) is 0 Å². The van der Waals surface area contributed by atoms with Crippen LogP contribution < -0.4 is 0 Å². The molecule has 0 aliphatic carbocycles. The SMILES string of the molecule is CCCCCCCCCCOC(=O)CCCC(=O)OCc1c(Cl)cc(Cl)cc1Cl. The van der Waals surface area contributed by atoms with E-state index in [1.807, 2.05) is 0 Å². The van der Waals surface area contributed by atoms with Crippen LogP contribution >= 0.6 is 34.8 Å². The Morgan fingerprint density at radius 2 is 1.28 bits per heavy atom. The van der Waals surface area contributed by atoms with E-state index in [0.717, 1.165) is 12.8 Å². The number of carbonyl (C=O) groups excluding carboxylic acids is 2. The lowest BCUT2D eigenvalue weighted by Crippen LogP contribution is -2.09. The van der Waals surface area contributed by atoms with Crippen molar-refractivity contribution in [2.45, 2.75) is 84.2 Å². The number of rotatable bonds is 15. The second-order valence-corrected chi connectivity index (χ2v) is 8.31. The maximum atomic E-state index is 11.8. The largest absolute Gasteiger partial charge is 0.466 e. The van der Waals surface area contributed by atoms with Crippen molar-refractivity contribution in [1.29, 1.82) is 0 Å². The van der Waals surface area contributed by atoms with Crippen LogP contribution in [-0.4, -0.2) is 18.5 Å². The van der Waals surface area contributed by atoms with E-state index in [2.05, 4.69) is 6.92 Å². The van der Waals surface area contributed by atoms with Gasteiger partial charge in [0, 0.05) is 23.4 Å². The van der Waals surface area contributed by atoms with Crippen LogP contribution in [0.25, 0.3) is 0 Å². The molecule has 0 atom stereocenters. The molecule has 0 unspecified atom stereocenters. The Morgan fingerprint density at radius 3 is 1.86 bits per heavy atom. The molecule has 0 saturated carbocycles. The zero-order valence-corrected chi connectivity index (χ0v) is 19.4. The number of benzene rings is 1. The first kappa shape index (κ1) is 26.1. The van der Waals surface area contributed by atoms with Crippen molar-refractivity contribution in [2.75, 3.05) is 6.61 Å². The van der Waals surface area contributed by atoms with E-state index in [9.17, 15) is 9.59 Å². The van der Waals surface area contributed by atoms with Crippen molar-refractivity contribution in [3.8, 4) is 0 Å². The summed E-state index contributed by atoms with van der Waals surface area (Å²) in [5, 5.41) is 1.11. The third kappa shape index (κ3) is 12.3. The minimum atomic E-state index is -0.414. The number of ether oxygens (including phenoxy) is 2. The molecule has 0 aliphatic heterocycles. The van der Waals surface area contributed by atoms with E-state index in [1.165, 1.54) is 38.5 Å². The molecule has 0 aliphatic rings.